The zero-order valence-electron chi connectivity index (χ0n) is 13.9. The van der Waals surface area contributed by atoms with E-state index in [4.69, 9.17) is 4.74 Å². The van der Waals surface area contributed by atoms with Crippen LogP contribution >= 0.6 is 0 Å². The van der Waals surface area contributed by atoms with E-state index in [0.29, 0.717) is 12.6 Å². The lowest BCUT2D eigenvalue weighted by Crippen LogP contribution is -2.65. The molecule has 1 spiro atoms. The fourth-order valence-corrected chi connectivity index (χ4v) is 4.07. The minimum Gasteiger partial charge on any atom is -0.489 e. The van der Waals surface area contributed by atoms with Crippen LogP contribution in [0.15, 0.2) is 54.6 Å². The van der Waals surface area contributed by atoms with Crippen LogP contribution in [-0.4, -0.2) is 17.3 Å². The van der Waals surface area contributed by atoms with Crippen molar-refractivity contribution in [1.82, 2.24) is 5.32 Å². The zero-order valence-corrected chi connectivity index (χ0v) is 13.9. The minimum absolute atomic E-state index is 0.0886. The Bertz CT molecular complexity index is 681. The summed E-state index contributed by atoms with van der Waals surface area (Å²) in [7, 11) is 0. The zero-order chi connectivity index (χ0) is 16.4. The fraction of sp³-hybridized carbons (Fsp3) is 0.429. The molecule has 3 nitrogen and oxygen atoms in total. The summed E-state index contributed by atoms with van der Waals surface area (Å²) in [6.45, 7) is 1.45. The third-order valence-electron chi connectivity index (χ3n) is 5.79. The first kappa shape index (κ1) is 15.7. The molecule has 2 aromatic rings. The first-order valence-electron chi connectivity index (χ1n) is 8.93. The lowest BCUT2D eigenvalue weighted by Gasteiger charge is -2.59. The van der Waals surface area contributed by atoms with Gasteiger partial charge < -0.3 is 15.2 Å². The quantitative estimate of drug-likeness (QED) is 0.852. The van der Waals surface area contributed by atoms with Gasteiger partial charge in [-0.2, -0.15) is 0 Å². The van der Waals surface area contributed by atoms with Crippen molar-refractivity contribution < 1.29 is 9.84 Å². The van der Waals surface area contributed by atoms with Gasteiger partial charge in [-0.3, -0.25) is 0 Å². The second kappa shape index (κ2) is 6.58. The van der Waals surface area contributed by atoms with E-state index in [1.807, 2.05) is 30.3 Å². The normalized spacial score (nSPS) is 24.2. The molecule has 2 saturated carbocycles. The number of ether oxygens (including phenoxy) is 1. The number of nitrogens with one attached hydrogen (secondary N) is 1. The molecule has 2 atom stereocenters. The van der Waals surface area contributed by atoms with E-state index in [-0.39, 0.29) is 11.5 Å². The highest BCUT2D eigenvalue weighted by atomic mass is 16.5. The molecular weight excluding hydrogens is 298 g/mol. The van der Waals surface area contributed by atoms with Crippen molar-refractivity contribution in [1.29, 1.82) is 0 Å². The number of rotatable bonds is 6. The van der Waals surface area contributed by atoms with Crippen molar-refractivity contribution in [2.45, 2.75) is 51.0 Å². The molecule has 0 saturated heterocycles. The van der Waals surface area contributed by atoms with Crippen molar-refractivity contribution in [3.05, 3.63) is 65.7 Å². The van der Waals surface area contributed by atoms with Gasteiger partial charge in [0.2, 0.25) is 0 Å². The summed E-state index contributed by atoms with van der Waals surface area (Å²) in [6.07, 6.45) is 4.43. The summed E-state index contributed by atoms with van der Waals surface area (Å²) in [4.78, 5) is 0. The van der Waals surface area contributed by atoms with Crippen molar-refractivity contribution in [2.24, 2.45) is 5.41 Å². The smallest absolute Gasteiger partial charge is 0.119 e. The monoisotopic (exact) mass is 323 g/mol. The molecule has 0 aliphatic heterocycles. The Morgan fingerprint density at radius 1 is 1.04 bits per heavy atom. The Kier molecular flexibility index (Phi) is 4.30. The molecule has 3 heteroatoms. The van der Waals surface area contributed by atoms with Crippen LogP contribution in [-0.2, 0) is 13.2 Å². The molecule has 2 unspecified atom stereocenters. The molecule has 0 aromatic heterocycles. The number of aliphatic hydroxyl groups excluding tert-OH is 1. The minimum atomic E-state index is -0.0886. The van der Waals surface area contributed by atoms with Crippen LogP contribution in [0.4, 0.5) is 0 Å². The van der Waals surface area contributed by atoms with Crippen LogP contribution in [0.5, 0.6) is 5.75 Å². The van der Waals surface area contributed by atoms with Crippen molar-refractivity contribution in [3.63, 3.8) is 0 Å². The Balaban J connectivity index is 1.32. The van der Waals surface area contributed by atoms with Crippen molar-refractivity contribution in [2.75, 3.05) is 0 Å². The highest BCUT2D eigenvalue weighted by molar-refractivity contribution is 5.25. The van der Waals surface area contributed by atoms with Gasteiger partial charge in [0.15, 0.2) is 0 Å². The van der Waals surface area contributed by atoms with E-state index < -0.39 is 0 Å². The Morgan fingerprint density at radius 3 is 2.54 bits per heavy atom. The summed E-state index contributed by atoms with van der Waals surface area (Å²) < 4.78 is 5.83. The Hall–Kier alpha value is -1.84. The fourth-order valence-electron chi connectivity index (χ4n) is 4.07. The SMILES string of the molecule is OC1CC(NCc2cccc(COc3ccccc3)c2)C12CCC2. The first-order chi connectivity index (χ1) is 11.8. The van der Waals surface area contributed by atoms with Gasteiger partial charge in [-0.25, -0.2) is 0 Å². The second-order valence-electron chi connectivity index (χ2n) is 7.19. The number of hydrogen-bond acceptors (Lipinski definition) is 3. The molecule has 0 heterocycles. The molecule has 24 heavy (non-hydrogen) atoms. The maximum absolute atomic E-state index is 10.1. The average Bonchev–Trinajstić information content (AvgIpc) is 2.56. The summed E-state index contributed by atoms with van der Waals surface area (Å²) >= 11 is 0. The van der Waals surface area contributed by atoms with Gasteiger partial charge >= 0.3 is 0 Å². The number of hydrogen-bond donors (Lipinski definition) is 2. The maximum Gasteiger partial charge on any atom is 0.119 e. The molecule has 2 aliphatic carbocycles. The first-order valence-corrected chi connectivity index (χ1v) is 8.93. The van der Waals surface area contributed by atoms with Gasteiger partial charge in [0.25, 0.3) is 0 Å². The van der Waals surface area contributed by atoms with Crippen LogP contribution in [0, 0.1) is 5.41 Å². The molecule has 0 radical (unpaired) electrons. The van der Waals surface area contributed by atoms with Gasteiger partial charge in [-0.15, -0.1) is 0 Å². The van der Waals surface area contributed by atoms with Crippen molar-refractivity contribution >= 4 is 0 Å². The molecule has 2 aromatic carbocycles. The van der Waals surface area contributed by atoms with E-state index in [9.17, 15) is 5.11 Å². The lowest BCUT2D eigenvalue weighted by molar-refractivity contribution is -0.145. The summed E-state index contributed by atoms with van der Waals surface area (Å²) in [5, 5.41) is 13.7. The molecule has 4 rings (SSSR count). The predicted molar refractivity (Wildman–Crippen MR) is 94.8 cm³/mol. The molecule has 2 fully saturated rings. The van der Waals surface area contributed by atoms with E-state index in [1.54, 1.807) is 0 Å². The summed E-state index contributed by atoms with van der Waals surface area (Å²) in [5.74, 6) is 0.899. The molecule has 126 valence electrons. The third kappa shape index (κ3) is 2.94. The van der Waals surface area contributed by atoms with Gasteiger partial charge in [-0.05, 0) is 42.5 Å². The summed E-state index contributed by atoms with van der Waals surface area (Å²) in [5.41, 5.74) is 2.65. The molecule has 2 N–H and O–H groups in total. The maximum atomic E-state index is 10.1. The van der Waals surface area contributed by atoms with E-state index in [0.717, 1.165) is 18.7 Å². The topological polar surface area (TPSA) is 41.5 Å². The summed E-state index contributed by atoms with van der Waals surface area (Å²) in [6, 6.07) is 19.0. The van der Waals surface area contributed by atoms with E-state index in [2.05, 4.69) is 29.6 Å². The van der Waals surface area contributed by atoms with Gasteiger partial charge in [0.05, 0.1) is 6.10 Å². The molecule has 0 amide bonds. The standard InChI is InChI=1S/C21H25NO2/c23-20-13-19(21(20)10-5-11-21)22-14-16-6-4-7-17(12-16)15-24-18-8-2-1-3-9-18/h1-4,6-9,12,19-20,22-23H,5,10-11,13-15H2. The van der Waals surface area contributed by atoms with Gasteiger partial charge in [-0.1, -0.05) is 48.9 Å². The van der Waals surface area contributed by atoms with Crippen LogP contribution in [0.1, 0.15) is 36.8 Å². The van der Waals surface area contributed by atoms with E-state index >= 15 is 0 Å². The van der Waals surface area contributed by atoms with Crippen LogP contribution in [0.25, 0.3) is 0 Å². The Labute approximate surface area is 143 Å². The highest BCUT2D eigenvalue weighted by Gasteiger charge is 2.57. The number of benzene rings is 2. The lowest BCUT2D eigenvalue weighted by atomic mass is 9.51. The number of para-hydroxylation sites is 1. The second-order valence-corrected chi connectivity index (χ2v) is 7.19. The highest BCUT2D eigenvalue weighted by Crippen LogP contribution is 2.55. The van der Waals surface area contributed by atoms with Gasteiger partial charge in [0, 0.05) is 18.0 Å². The number of aliphatic hydroxyl groups is 1. The largest absolute Gasteiger partial charge is 0.489 e. The van der Waals surface area contributed by atoms with E-state index in [1.165, 1.54) is 30.4 Å². The Morgan fingerprint density at radius 2 is 1.83 bits per heavy atom. The van der Waals surface area contributed by atoms with Crippen LogP contribution in [0.3, 0.4) is 0 Å². The van der Waals surface area contributed by atoms with Crippen LogP contribution < -0.4 is 10.1 Å². The van der Waals surface area contributed by atoms with Crippen LogP contribution in [0.2, 0.25) is 0 Å². The average molecular weight is 323 g/mol. The molecular formula is C21H25NO2. The van der Waals surface area contributed by atoms with Crippen molar-refractivity contribution in [3.8, 4) is 5.75 Å². The van der Waals surface area contributed by atoms with Gasteiger partial charge in [0.1, 0.15) is 12.4 Å². The molecule has 0 bridgehead atoms. The third-order valence-corrected chi connectivity index (χ3v) is 5.79. The molecule has 2 aliphatic rings. The predicted octanol–water partition coefficient (Wildman–Crippen LogP) is 3.66.